The van der Waals surface area contributed by atoms with Crippen molar-refractivity contribution in [2.24, 2.45) is 5.41 Å². The number of nitrogens with one attached hydrogen (secondary N) is 1. The molecular formula is C25H25F2N5O2. The van der Waals surface area contributed by atoms with Gasteiger partial charge in [0.05, 0.1) is 47.8 Å². The molecule has 9 heteroatoms. The van der Waals surface area contributed by atoms with Gasteiger partial charge in [0.2, 0.25) is 5.95 Å². The monoisotopic (exact) mass is 465 g/mol. The van der Waals surface area contributed by atoms with E-state index in [0.717, 1.165) is 29.8 Å². The lowest BCUT2D eigenvalue weighted by Gasteiger charge is -2.38. The molecule has 0 amide bonds. The molecule has 1 aromatic carbocycles. The number of aliphatic hydroxyl groups is 1. The van der Waals surface area contributed by atoms with E-state index in [2.05, 4.69) is 34.3 Å². The first kappa shape index (κ1) is 21.5. The van der Waals surface area contributed by atoms with Crippen LogP contribution in [0.15, 0.2) is 36.5 Å². The smallest absolute Gasteiger partial charge is 0.222 e. The third-order valence-electron chi connectivity index (χ3n) is 8.01. The number of fused-ring (bicyclic) bond motifs is 5. The molecule has 2 bridgehead atoms. The van der Waals surface area contributed by atoms with Crippen molar-refractivity contribution < 1.29 is 18.6 Å². The van der Waals surface area contributed by atoms with Gasteiger partial charge < -0.3 is 15.2 Å². The molecule has 0 spiro atoms. The highest BCUT2D eigenvalue weighted by Crippen LogP contribution is 2.69. The number of benzene rings is 1. The van der Waals surface area contributed by atoms with Gasteiger partial charge in [-0.25, -0.2) is 18.7 Å². The summed E-state index contributed by atoms with van der Waals surface area (Å²) in [6, 6.07) is 7.49. The van der Waals surface area contributed by atoms with Crippen LogP contribution in [0.4, 0.5) is 14.7 Å². The Labute approximate surface area is 195 Å². The maximum Gasteiger partial charge on any atom is 0.222 e. The molecule has 6 rings (SSSR count). The zero-order chi connectivity index (χ0) is 23.7. The van der Waals surface area contributed by atoms with Gasteiger partial charge in [0.25, 0.3) is 0 Å². The summed E-state index contributed by atoms with van der Waals surface area (Å²) in [7, 11) is 0. The molecule has 2 N–H and O–H groups in total. The molecule has 0 radical (unpaired) electrons. The molecule has 7 nitrogen and oxygen atoms in total. The molecule has 0 unspecified atom stereocenters. The van der Waals surface area contributed by atoms with Crippen molar-refractivity contribution in [1.29, 1.82) is 0 Å². The Hall–Kier alpha value is -3.04. The highest BCUT2D eigenvalue weighted by molar-refractivity contribution is 5.64. The van der Waals surface area contributed by atoms with Crippen LogP contribution in [0.1, 0.15) is 49.6 Å². The molecule has 2 aromatic heterocycles. The van der Waals surface area contributed by atoms with E-state index in [9.17, 15) is 13.9 Å². The van der Waals surface area contributed by atoms with E-state index >= 15 is 0 Å². The van der Waals surface area contributed by atoms with Crippen LogP contribution >= 0.6 is 0 Å². The quantitative estimate of drug-likeness (QED) is 0.595. The fourth-order valence-electron chi connectivity index (χ4n) is 6.12. The highest BCUT2D eigenvalue weighted by atomic mass is 19.1. The largest absolute Gasteiger partial charge is 0.383 e. The molecular weight excluding hydrogens is 440 g/mol. The number of halogens is 2. The number of ether oxygens (including phenoxy) is 1. The lowest BCUT2D eigenvalue weighted by Crippen LogP contribution is -2.54. The van der Waals surface area contributed by atoms with Crippen molar-refractivity contribution in [3.63, 3.8) is 0 Å². The summed E-state index contributed by atoms with van der Waals surface area (Å²) in [5.41, 5.74) is 1.02. The summed E-state index contributed by atoms with van der Waals surface area (Å²) in [6.07, 6.45) is 3.46. The predicted octanol–water partition coefficient (Wildman–Crippen LogP) is 3.59. The molecule has 1 saturated carbocycles. The standard InChI is InChI=1S/C25H25F2N5O2/c1-23(2)15-6-8-25(23,19-7-9-28-22(30-19)29-11-24(33)12-34-13-24)21-14(15)10-18(31-32-21)20-16(26)4-3-5-17(20)27/h3-5,7,9-10,15,33H,6,8,11-13H2,1-2H3,(H,28,29,30)/t15-,25-/m0/s1. The first-order valence-electron chi connectivity index (χ1n) is 11.5. The minimum Gasteiger partial charge on any atom is -0.383 e. The second kappa shape index (κ2) is 7.23. The van der Waals surface area contributed by atoms with Gasteiger partial charge in [-0.15, -0.1) is 5.10 Å². The second-order valence-corrected chi connectivity index (χ2v) is 10.2. The topological polar surface area (TPSA) is 93.1 Å². The van der Waals surface area contributed by atoms with E-state index in [-0.39, 0.29) is 35.8 Å². The number of hydrogen-bond acceptors (Lipinski definition) is 7. The Morgan fingerprint density at radius 1 is 1.15 bits per heavy atom. The first-order valence-corrected chi connectivity index (χ1v) is 11.5. The second-order valence-electron chi connectivity index (χ2n) is 10.2. The molecule has 3 aliphatic rings. The van der Waals surface area contributed by atoms with Crippen molar-refractivity contribution in [2.45, 2.75) is 43.6 Å². The normalized spacial score (nSPS) is 25.6. The van der Waals surface area contributed by atoms with Crippen molar-refractivity contribution in [3.05, 3.63) is 65.1 Å². The summed E-state index contributed by atoms with van der Waals surface area (Å²) in [4.78, 5) is 9.16. The maximum atomic E-state index is 14.4. The first-order chi connectivity index (χ1) is 16.3. The Kier molecular flexibility index (Phi) is 4.57. The number of nitrogens with zero attached hydrogens (tertiary/aromatic N) is 4. The third kappa shape index (κ3) is 2.86. The highest BCUT2D eigenvalue weighted by Gasteiger charge is 2.65. The van der Waals surface area contributed by atoms with Gasteiger partial charge in [-0.3, -0.25) is 0 Å². The van der Waals surface area contributed by atoms with Gasteiger partial charge in [-0.1, -0.05) is 19.9 Å². The van der Waals surface area contributed by atoms with Gasteiger partial charge in [0.15, 0.2) is 0 Å². The molecule has 2 aliphatic carbocycles. The Morgan fingerprint density at radius 3 is 2.62 bits per heavy atom. The number of aromatic nitrogens is 4. The van der Waals surface area contributed by atoms with Crippen LogP contribution in [0.25, 0.3) is 11.3 Å². The molecule has 2 fully saturated rings. The molecule has 3 aromatic rings. The van der Waals surface area contributed by atoms with E-state index in [1.54, 1.807) is 12.3 Å². The lowest BCUT2D eigenvalue weighted by molar-refractivity contribution is -0.168. The van der Waals surface area contributed by atoms with Crippen LogP contribution in [0.5, 0.6) is 0 Å². The SMILES string of the molecule is CC1(C)[C@H]2CC[C@]1(c1ccnc(NCC3(O)COC3)n1)c1nnc(-c3c(F)cccc3F)cc12. The van der Waals surface area contributed by atoms with Crippen LogP contribution < -0.4 is 5.32 Å². The van der Waals surface area contributed by atoms with E-state index in [1.165, 1.54) is 18.2 Å². The van der Waals surface area contributed by atoms with Crippen molar-refractivity contribution in [2.75, 3.05) is 25.1 Å². The van der Waals surface area contributed by atoms with Crippen LogP contribution in [-0.2, 0) is 10.2 Å². The number of rotatable bonds is 5. The Balaban J connectivity index is 1.42. The summed E-state index contributed by atoms with van der Waals surface area (Å²) in [5.74, 6) is -0.725. The molecule has 1 saturated heterocycles. The van der Waals surface area contributed by atoms with Crippen LogP contribution in [0.2, 0.25) is 0 Å². The average molecular weight is 466 g/mol. The van der Waals surface area contributed by atoms with Crippen molar-refractivity contribution in [3.8, 4) is 11.3 Å². The lowest BCUT2D eigenvalue weighted by atomic mass is 9.66. The Morgan fingerprint density at radius 2 is 1.91 bits per heavy atom. The zero-order valence-corrected chi connectivity index (χ0v) is 19.0. The summed E-state index contributed by atoms with van der Waals surface area (Å²) >= 11 is 0. The minimum absolute atomic E-state index is 0.154. The summed E-state index contributed by atoms with van der Waals surface area (Å²) in [5, 5.41) is 22.3. The molecule has 1 aliphatic heterocycles. The van der Waals surface area contributed by atoms with Gasteiger partial charge in [0, 0.05) is 6.20 Å². The molecule has 2 atom stereocenters. The maximum absolute atomic E-state index is 14.4. The van der Waals surface area contributed by atoms with Crippen molar-refractivity contribution in [1.82, 2.24) is 20.2 Å². The zero-order valence-electron chi connectivity index (χ0n) is 19.0. The average Bonchev–Trinajstić information content (AvgIpc) is 3.18. The van der Waals surface area contributed by atoms with Gasteiger partial charge in [-0.2, -0.15) is 5.10 Å². The predicted molar refractivity (Wildman–Crippen MR) is 120 cm³/mol. The van der Waals surface area contributed by atoms with Crippen molar-refractivity contribution >= 4 is 5.95 Å². The van der Waals surface area contributed by atoms with E-state index < -0.39 is 22.7 Å². The van der Waals surface area contributed by atoms with Crippen LogP contribution in [-0.4, -0.2) is 50.6 Å². The minimum atomic E-state index is -0.904. The van der Waals surface area contributed by atoms with Gasteiger partial charge in [-0.05, 0) is 54.0 Å². The van der Waals surface area contributed by atoms with Crippen LogP contribution in [0, 0.1) is 17.0 Å². The van der Waals surface area contributed by atoms with E-state index in [4.69, 9.17) is 9.72 Å². The number of anilines is 1. The van der Waals surface area contributed by atoms with E-state index in [1.807, 2.05) is 6.07 Å². The fraction of sp³-hybridized carbons (Fsp3) is 0.440. The van der Waals surface area contributed by atoms with E-state index in [0.29, 0.717) is 12.5 Å². The Bertz CT molecular complexity index is 1280. The molecule has 176 valence electrons. The summed E-state index contributed by atoms with van der Waals surface area (Å²) in [6.45, 7) is 5.25. The molecule has 3 heterocycles. The van der Waals surface area contributed by atoms with Gasteiger partial charge >= 0.3 is 0 Å². The van der Waals surface area contributed by atoms with Gasteiger partial charge in [0.1, 0.15) is 17.2 Å². The summed E-state index contributed by atoms with van der Waals surface area (Å²) < 4.78 is 34.0. The molecule has 34 heavy (non-hydrogen) atoms. The van der Waals surface area contributed by atoms with Crippen LogP contribution in [0.3, 0.4) is 0 Å². The fourth-order valence-corrected chi connectivity index (χ4v) is 6.12. The third-order valence-corrected chi connectivity index (χ3v) is 8.01. The number of hydrogen-bond donors (Lipinski definition) is 2.